The van der Waals surface area contributed by atoms with Gasteiger partial charge in [-0.25, -0.2) is 4.79 Å². The van der Waals surface area contributed by atoms with E-state index in [1.165, 1.54) is 0 Å². The van der Waals surface area contributed by atoms with Gasteiger partial charge in [0.1, 0.15) is 11.6 Å². The number of ether oxygens (including phenoxy) is 1. The number of anilines is 2. The number of nitrogens with zero attached hydrogens (tertiary/aromatic N) is 2. The molecule has 2 saturated heterocycles. The lowest BCUT2D eigenvalue weighted by Gasteiger charge is -2.37. The minimum Gasteiger partial charge on any atom is -0.444 e. The molecule has 0 radical (unpaired) electrons. The van der Waals surface area contributed by atoms with Gasteiger partial charge in [0.15, 0.2) is 0 Å². The summed E-state index contributed by atoms with van der Waals surface area (Å²) in [6.07, 6.45) is 0.582. The van der Waals surface area contributed by atoms with Crippen LogP contribution in [0.4, 0.5) is 16.2 Å². The molecule has 2 aliphatic heterocycles. The standard InChI is InChI=1S/C21H30N4O4/c1-14-13-15(5-6-16(14)22-17-7-8-18(26)23-19(17)27)24-9-11-25(12-10-24)20(28)29-21(2,3)4/h5-6,13,17,22H,7-12H2,1-4H3,(H,23,26,27). The summed E-state index contributed by atoms with van der Waals surface area (Å²) in [5.41, 5.74) is 2.51. The fraction of sp³-hybridized carbons (Fsp3) is 0.571. The molecule has 2 fully saturated rings. The second-order valence-corrected chi connectivity index (χ2v) is 8.60. The number of benzene rings is 1. The van der Waals surface area contributed by atoms with Gasteiger partial charge in [0.2, 0.25) is 11.8 Å². The molecule has 0 bridgehead atoms. The van der Waals surface area contributed by atoms with E-state index in [0.717, 1.165) is 30.0 Å². The van der Waals surface area contributed by atoms with Crippen molar-refractivity contribution in [1.82, 2.24) is 10.2 Å². The Hall–Kier alpha value is -2.77. The maximum atomic E-state index is 12.2. The second kappa shape index (κ2) is 8.31. The van der Waals surface area contributed by atoms with Crippen LogP contribution in [0.5, 0.6) is 0 Å². The number of hydrogen-bond donors (Lipinski definition) is 2. The zero-order valence-electron chi connectivity index (χ0n) is 17.6. The van der Waals surface area contributed by atoms with Gasteiger partial charge >= 0.3 is 6.09 Å². The van der Waals surface area contributed by atoms with Crippen LogP contribution in [0.3, 0.4) is 0 Å². The molecule has 3 amide bonds. The number of carbonyl (C=O) groups excluding carboxylic acids is 3. The lowest BCUT2D eigenvalue weighted by Crippen LogP contribution is -2.50. The Balaban J connectivity index is 1.58. The second-order valence-electron chi connectivity index (χ2n) is 8.60. The smallest absolute Gasteiger partial charge is 0.410 e. The van der Waals surface area contributed by atoms with Crippen molar-refractivity contribution < 1.29 is 19.1 Å². The number of piperidine rings is 1. The third kappa shape index (κ3) is 5.40. The Kier molecular flexibility index (Phi) is 6.00. The molecule has 3 rings (SSSR count). The molecule has 1 aromatic carbocycles. The van der Waals surface area contributed by atoms with Gasteiger partial charge in [0, 0.05) is 44.0 Å². The molecule has 8 nitrogen and oxygen atoms in total. The molecule has 0 saturated carbocycles. The number of carbonyl (C=O) groups is 3. The van der Waals surface area contributed by atoms with E-state index in [-0.39, 0.29) is 17.9 Å². The molecule has 2 aliphatic rings. The van der Waals surface area contributed by atoms with Gasteiger partial charge in [-0.05, 0) is 57.9 Å². The molecule has 1 unspecified atom stereocenters. The van der Waals surface area contributed by atoms with Crippen LogP contribution >= 0.6 is 0 Å². The molecule has 1 atom stereocenters. The predicted octanol–water partition coefficient (Wildman–Crippen LogP) is 2.27. The van der Waals surface area contributed by atoms with Crippen molar-refractivity contribution in [1.29, 1.82) is 0 Å². The largest absolute Gasteiger partial charge is 0.444 e. The molecular formula is C21H30N4O4. The van der Waals surface area contributed by atoms with Crippen LogP contribution in [0.25, 0.3) is 0 Å². The number of imide groups is 1. The lowest BCUT2D eigenvalue weighted by atomic mass is 10.0. The van der Waals surface area contributed by atoms with Gasteiger partial charge in [-0.1, -0.05) is 0 Å². The zero-order chi connectivity index (χ0) is 21.2. The Morgan fingerprint density at radius 1 is 1.17 bits per heavy atom. The van der Waals surface area contributed by atoms with Gasteiger partial charge < -0.3 is 19.9 Å². The summed E-state index contributed by atoms with van der Waals surface area (Å²) in [7, 11) is 0. The van der Waals surface area contributed by atoms with Crippen LogP contribution in [-0.4, -0.2) is 60.6 Å². The van der Waals surface area contributed by atoms with Crippen molar-refractivity contribution in [2.45, 2.75) is 52.2 Å². The maximum Gasteiger partial charge on any atom is 0.410 e. The minimum absolute atomic E-state index is 0.217. The van der Waals surface area contributed by atoms with Gasteiger partial charge in [0.25, 0.3) is 0 Å². The quantitative estimate of drug-likeness (QED) is 0.754. The van der Waals surface area contributed by atoms with Crippen molar-refractivity contribution in [3.05, 3.63) is 23.8 Å². The van der Waals surface area contributed by atoms with Crippen LogP contribution in [0.1, 0.15) is 39.2 Å². The summed E-state index contributed by atoms with van der Waals surface area (Å²) in [6, 6.07) is 5.67. The van der Waals surface area contributed by atoms with E-state index in [1.54, 1.807) is 4.90 Å². The van der Waals surface area contributed by atoms with E-state index in [1.807, 2.05) is 39.8 Å². The summed E-state index contributed by atoms with van der Waals surface area (Å²) in [4.78, 5) is 39.5. The molecule has 8 heteroatoms. The molecule has 2 heterocycles. The van der Waals surface area contributed by atoms with Crippen molar-refractivity contribution >= 4 is 29.3 Å². The van der Waals surface area contributed by atoms with Crippen molar-refractivity contribution in [3.63, 3.8) is 0 Å². The molecule has 1 aromatic rings. The van der Waals surface area contributed by atoms with E-state index in [9.17, 15) is 14.4 Å². The SMILES string of the molecule is Cc1cc(N2CCN(C(=O)OC(C)(C)C)CC2)ccc1NC1CCC(=O)NC1=O. The fourth-order valence-electron chi connectivity index (χ4n) is 3.50. The number of nitrogens with one attached hydrogen (secondary N) is 2. The average Bonchev–Trinajstić information content (AvgIpc) is 2.64. The number of amides is 3. The van der Waals surface area contributed by atoms with E-state index in [2.05, 4.69) is 21.6 Å². The first kappa shape index (κ1) is 21.0. The molecule has 29 heavy (non-hydrogen) atoms. The van der Waals surface area contributed by atoms with Crippen molar-refractivity contribution in [2.24, 2.45) is 0 Å². The van der Waals surface area contributed by atoms with Crippen LogP contribution in [-0.2, 0) is 14.3 Å². The molecule has 2 N–H and O–H groups in total. The average molecular weight is 402 g/mol. The maximum absolute atomic E-state index is 12.2. The number of hydrogen-bond acceptors (Lipinski definition) is 6. The molecular weight excluding hydrogens is 372 g/mol. The normalized spacial score (nSPS) is 20.3. The first-order valence-corrected chi connectivity index (χ1v) is 10.1. The van der Waals surface area contributed by atoms with Crippen LogP contribution in [0, 0.1) is 6.92 Å². The summed E-state index contributed by atoms with van der Waals surface area (Å²) >= 11 is 0. The van der Waals surface area contributed by atoms with Crippen LogP contribution < -0.4 is 15.5 Å². The highest BCUT2D eigenvalue weighted by molar-refractivity contribution is 6.01. The Bertz CT molecular complexity index is 794. The van der Waals surface area contributed by atoms with Gasteiger partial charge in [-0.15, -0.1) is 0 Å². The first-order valence-electron chi connectivity index (χ1n) is 10.1. The Morgan fingerprint density at radius 3 is 2.45 bits per heavy atom. The molecule has 158 valence electrons. The van der Waals surface area contributed by atoms with Crippen molar-refractivity contribution in [3.8, 4) is 0 Å². The van der Waals surface area contributed by atoms with E-state index < -0.39 is 11.6 Å². The first-order chi connectivity index (χ1) is 13.6. The topological polar surface area (TPSA) is 91.0 Å². The highest BCUT2D eigenvalue weighted by atomic mass is 16.6. The molecule has 0 aromatic heterocycles. The summed E-state index contributed by atoms with van der Waals surface area (Å²) in [5, 5.41) is 5.61. The third-order valence-electron chi connectivity index (χ3n) is 5.08. The van der Waals surface area contributed by atoms with Gasteiger partial charge in [0.05, 0.1) is 0 Å². The molecule has 0 aliphatic carbocycles. The van der Waals surface area contributed by atoms with E-state index >= 15 is 0 Å². The fourth-order valence-corrected chi connectivity index (χ4v) is 3.50. The third-order valence-corrected chi connectivity index (χ3v) is 5.08. The minimum atomic E-state index is -0.489. The van der Waals surface area contributed by atoms with Gasteiger partial charge in [-0.3, -0.25) is 14.9 Å². The van der Waals surface area contributed by atoms with E-state index in [0.29, 0.717) is 25.9 Å². The lowest BCUT2D eigenvalue weighted by molar-refractivity contribution is -0.133. The monoisotopic (exact) mass is 402 g/mol. The highest BCUT2D eigenvalue weighted by Gasteiger charge is 2.28. The van der Waals surface area contributed by atoms with Crippen LogP contribution in [0.15, 0.2) is 18.2 Å². The highest BCUT2D eigenvalue weighted by Crippen LogP contribution is 2.25. The van der Waals surface area contributed by atoms with Crippen molar-refractivity contribution in [2.75, 3.05) is 36.4 Å². The number of aryl methyl sites for hydroxylation is 1. The Labute approximate surface area is 171 Å². The van der Waals surface area contributed by atoms with Gasteiger partial charge in [-0.2, -0.15) is 0 Å². The zero-order valence-corrected chi connectivity index (χ0v) is 17.6. The van der Waals surface area contributed by atoms with E-state index in [4.69, 9.17) is 4.74 Å². The molecule has 0 spiro atoms. The summed E-state index contributed by atoms with van der Waals surface area (Å²) in [5.74, 6) is -0.492. The summed E-state index contributed by atoms with van der Waals surface area (Å²) < 4.78 is 5.45. The van der Waals surface area contributed by atoms with Crippen LogP contribution in [0.2, 0.25) is 0 Å². The Morgan fingerprint density at radius 2 is 1.86 bits per heavy atom. The summed E-state index contributed by atoms with van der Waals surface area (Å²) in [6.45, 7) is 10.3. The number of rotatable bonds is 3. The predicted molar refractivity (Wildman–Crippen MR) is 111 cm³/mol. The number of piperazine rings is 1.